The van der Waals surface area contributed by atoms with Crippen molar-refractivity contribution < 1.29 is 9.47 Å². The molecule has 2 aromatic carbocycles. The van der Waals surface area contributed by atoms with E-state index in [1.54, 1.807) is 0 Å². The van der Waals surface area contributed by atoms with Crippen LogP contribution in [0.25, 0.3) is 0 Å². The van der Waals surface area contributed by atoms with Crippen LogP contribution in [-0.2, 0) is 4.74 Å². The largest absolute Gasteiger partial charge is 0.454 e. The molecule has 3 heterocycles. The second-order valence-electron chi connectivity index (χ2n) is 9.66. The molecule has 2 saturated heterocycles. The summed E-state index contributed by atoms with van der Waals surface area (Å²) in [6, 6.07) is 14.3. The Kier molecular flexibility index (Phi) is 5.45. The first-order valence-electron chi connectivity index (χ1n) is 11.2. The molecule has 2 fully saturated rings. The number of aliphatic imine (C=N–C) groups is 1. The fourth-order valence-electron chi connectivity index (χ4n) is 4.88. The normalized spacial score (nSPS) is 23.7. The van der Waals surface area contributed by atoms with Crippen molar-refractivity contribution in [2.75, 3.05) is 26.2 Å². The predicted octanol–water partition coefficient (Wildman–Crippen LogP) is 5.49. The van der Waals surface area contributed by atoms with Gasteiger partial charge in [-0.05, 0) is 63.9 Å². The van der Waals surface area contributed by atoms with Gasteiger partial charge in [0, 0.05) is 37.2 Å². The maximum absolute atomic E-state index is 6.33. The first-order valence-corrected chi connectivity index (χ1v) is 11.6. The number of halogens is 1. The molecule has 0 bridgehead atoms. The molecule has 164 valence electrons. The van der Waals surface area contributed by atoms with Crippen LogP contribution in [0.3, 0.4) is 0 Å². The number of piperidine rings is 1. The van der Waals surface area contributed by atoms with Crippen LogP contribution in [0.2, 0.25) is 5.02 Å². The highest BCUT2D eigenvalue weighted by atomic mass is 35.5. The predicted molar refractivity (Wildman–Crippen MR) is 125 cm³/mol. The van der Waals surface area contributed by atoms with Crippen molar-refractivity contribution in [1.82, 2.24) is 9.80 Å². The number of amidine groups is 1. The van der Waals surface area contributed by atoms with Gasteiger partial charge in [-0.25, -0.2) is 4.99 Å². The van der Waals surface area contributed by atoms with Gasteiger partial charge < -0.3 is 14.4 Å². The zero-order valence-corrected chi connectivity index (χ0v) is 19.2. The van der Waals surface area contributed by atoms with Crippen LogP contribution in [0.4, 0.5) is 5.69 Å². The smallest absolute Gasteiger partial charge is 0.153 e. The lowest BCUT2D eigenvalue weighted by Crippen LogP contribution is -2.58. The number of rotatable bonds is 1. The molecule has 0 aliphatic carbocycles. The van der Waals surface area contributed by atoms with E-state index in [4.69, 9.17) is 26.1 Å². The van der Waals surface area contributed by atoms with Gasteiger partial charge in [0.1, 0.15) is 17.3 Å². The standard InChI is InChI=1S/C25H30ClN3O2/c1-25(2,3)31-19-10-11-28-12-13-29(16-18(28)15-19)24-20-6-4-5-7-22(20)30-23-9-8-17(26)14-21(23)27-24/h4-9,14,18-19H,10-13,15-16H2,1-3H3/t18-,19-/m0/s1. The summed E-state index contributed by atoms with van der Waals surface area (Å²) in [7, 11) is 0. The highest BCUT2D eigenvalue weighted by Gasteiger charge is 2.36. The van der Waals surface area contributed by atoms with E-state index in [1.807, 2.05) is 36.4 Å². The van der Waals surface area contributed by atoms with Gasteiger partial charge in [0.15, 0.2) is 5.75 Å². The fourth-order valence-corrected chi connectivity index (χ4v) is 5.05. The highest BCUT2D eigenvalue weighted by Crippen LogP contribution is 2.40. The molecule has 0 unspecified atom stereocenters. The summed E-state index contributed by atoms with van der Waals surface area (Å²) in [5.74, 6) is 2.54. The van der Waals surface area contributed by atoms with Crippen molar-refractivity contribution in [3.8, 4) is 11.5 Å². The van der Waals surface area contributed by atoms with Crippen LogP contribution in [0.15, 0.2) is 47.5 Å². The molecule has 5 nitrogen and oxygen atoms in total. The Balaban J connectivity index is 1.45. The minimum Gasteiger partial charge on any atom is -0.454 e. The average molecular weight is 440 g/mol. The molecule has 0 amide bonds. The molecule has 2 aromatic rings. The van der Waals surface area contributed by atoms with Crippen LogP contribution < -0.4 is 4.74 Å². The van der Waals surface area contributed by atoms with Gasteiger partial charge in [0.2, 0.25) is 0 Å². The van der Waals surface area contributed by atoms with E-state index in [0.29, 0.717) is 17.2 Å². The molecule has 3 aliphatic rings. The third-order valence-corrected chi connectivity index (χ3v) is 6.43. The molecule has 0 aromatic heterocycles. The van der Waals surface area contributed by atoms with Gasteiger partial charge in [0.25, 0.3) is 0 Å². The summed E-state index contributed by atoms with van der Waals surface area (Å²) in [6.45, 7) is 10.5. The molecule has 2 atom stereocenters. The first-order chi connectivity index (χ1) is 14.9. The maximum atomic E-state index is 6.33. The summed E-state index contributed by atoms with van der Waals surface area (Å²) in [5, 5.41) is 0.663. The maximum Gasteiger partial charge on any atom is 0.153 e. The molecule has 6 heteroatoms. The summed E-state index contributed by atoms with van der Waals surface area (Å²) < 4.78 is 12.6. The molecule has 0 saturated carbocycles. The first kappa shape index (κ1) is 20.8. The number of fused-ring (bicyclic) bond motifs is 3. The number of ether oxygens (including phenoxy) is 2. The number of nitrogens with zero attached hydrogens (tertiary/aromatic N) is 3. The van der Waals surface area contributed by atoms with E-state index in [0.717, 1.165) is 67.6 Å². The molecule has 3 aliphatic heterocycles. The molecule has 5 rings (SSSR count). The Morgan fingerprint density at radius 1 is 1.06 bits per heavy atom. The van der Waals surface area contributed by atoms with Crippen LogP contribution in [0.1, 0.15) is 39.2 Å². The number of hydrogen-bond donors (Lipinski definition) is 0. The number of benzene rings is 2. The Morgan fingerprint density at radius 3 is 2.74 bits per heavy atom. The quantitative estimate of drug-likeness (QED) is 0.589. The second kappa shape index (κ2) is 8.12. The average Bonchev–Trinajstić information content (AvgIpc) is 2.88. The van der Waals surface area contributed by atoms with Gasteiger partial charge in [-0.15, -0.1) is 0 Å². The van der Waals surface area contributed by atoms with Crippen LogP contribution in [-0.4, -0.2) is 59.6 Å². The SMILES string of the molecule is CC(C)(C)O[C@H]1CCN2CCN(C3=Nc4cc(Cl)ccc4Oc4ccccc43)C[C@@H]2C1. The van der Waals surface area contributed by atoms with Gasteiger partial charge in [0.05, 0.1) is 17.3 Å². The summed E-state index contributed by atoms with van der Waals surface area (Å²) in [4.78, 5) is 10.1. The van der Waals surface area contributed by atoms with E-state index in [2.05, 4.69) is 36.6 Å². The van der Waals surface area contributed by atoms with Gasteiger partial charge in [-0.1, -0.05) is 23.7 Å². The lowest BCUT2D eigenvalue weighted by atomic mass is 9.95. The highest BCUT2D eigenvalue weighted by molar-refractivity contribution is 6.31. The minimum atomic E-state index is -0.105. The molecule has 0 spiro atoms. The van der Waals surface area contributed by atoms with E-state index < -0.39 is 0 Å². The molecular weight excluding hydrogens is 410 g/mol. The Hall–Kier alpha value is -2.08. The molecule has 0 radical (unpaired) electrons. The molecular formula is C25H30ClN3O2. The summed E-state index contributed by atoms with van der Waals surface area (Å²) in [6.07, 6.45) is 2.48. The zero-order valence-electron chi connectivity index (χ0n) is 18.5. The summed E-state index contributed by atoms with van der Waals surface area (Å²) in [5.41, 5.74) is 1.70. The number of piperazine rings is 1. The van der Waals surface area contributed by atoms with Gasteiger partial charge in [-0.3, -0.25) is 4.90 Å². The van der Waals surface area contributed by atoms with Crippen molar-refractivity contribution in [2.24, 2.45) is 4.99 Å². The zero-order chi connectivity index (χ0) is 21.6. The van der Waals surface area contributed by atoms with Crippen LogP contribution >= 0.6 is 11.6 Å². The monoisotopic (exact) mass is 439 g/mol. The number of para-hydroxylation sites is 1. The van der Waals surface area contributed by atoms with Crippen molar-refractivity contribution in [2.45, 2.75) is 51.4 Å². The third kappa shape index (κ3) is 4.45. The van der Waals surface area contributed by atoms with Crippen molar-refractivity contribution in [1.29, 1.82) is 0 Å². The summed E-state index contributed by atoms with van der Waals surface area (Å²) >= 11 is 6.28. The Morgan fingerprint density at radius 2 is 1.90 bits per heavy atom. The molecule has 0 N–H and O–H groups in total. The second-order valence-corrected chi connectivity index (χ2v) is 10.1. The van der Waals surface area contributed by atoms with Crippen LogP contribution in [0, 0.1) is 0 Å². The lowest BCUT2D eigenvalue weighted by molar-refractivity contribution is -0.0991. The van der Waals surface area contributed by atoms with Gasteiger partial charge >= 0.3 is 0 Å². The van der Waals surface area contributed by atoms with E-state index in [-0.39, 0.29) is 5.60 Å². The Labute approximate surface area is 189 Å². The third-order valence-electron chi connectivity index (χ3n) is 6.19. The van der Waals surface area contributed by atoms with Crippen molar-refractivity contribution in [3.63, 3.8) is 0 Å². The Bertz CT molecular complexity index is 1000. The van der Waals surface area contributed by atoms with Crippen molar-refractivity contribution in [3.05, 3.63) is 53.1 Å². The minimum absolute atomic E-state index is 0.105. The van der Waals surface area contributed by atoms with E-state index >= 15 is 0 Å². The molecule has 31 heavy (non-hydrogen) atoms. The number of hydrogen-bond acceptors (Lipinski definition) is 5. The van der Waals surface area contributed by atoms with E-state index in [9.17, 15) is 0 Å². The van der Waals surface area contributed by atoms with Gasteiger partial charge in [-0.2, -0.15) is 0 Å². The lowest BCUT2D eigenvalue weighted by Gasteiger charge is -2.47. The van der Waals surface area contributed by atoms with Crippen molar-refractivity contribution >= 4 is 23.1 Å². The topological polar surface area (TPSA) is 37.3 Å². The fraction of sp³-hybridized carbons (Fsp3) is 0.480. The van der Waals surface area contributed by atoms with E-state index in [1.165, 1.54) is 0 Å². The van der Waals surface area contributed by atoms with Crippen LogP contribution in [0.5, 0.6) is 11.5 Å².